The molecule has 0 bridgehead atoms. The molecule has 3 rings (SSSR count). The van der Waals surface area contributed by atoms with Gasteiger partial charge in [-0.25, -0.2) is 8.93 Å². The molecule has 1 aromatic rings. The fourth-order valence-corrected chi connectivity index (χ4v) is 4.27. The molecule has 1 aromatic heterocycles. The molecule has 0 amide bonds. The van der Waals surface area contributed by atoms with Gasteiger partial charge in [0.2, 0.25) is 0 Å². The maximum atomic E-state index is 12.5. The molecule has 1 spiro atoms. The van der Waals surface area contributed by atoms with Crippen LogP contribution in [0.5, 0.6) is 0 Å². The van der Waals surface area contributed by atoms with E-state index in [9.17, 15) is 4.21 Å². The third-order valence-corrected chi connectivity index (χ3v) is 6.16. The van der Waals surface area contributed by atoms with E-state index in [4.69, 9.17) is 0 Å². The normalized spacial score (nSPS) is 26.6. The van der Waals surface area contributed by atoms with Crippen molar-refractivity contribution < 1.29 is 4.21 Å². The van der Waals surface area contributed by atoms with Gasteiger partial charge in [-0.2, -0.15) is 5.10 Å². The first-order chi connectivity index (χ1) is 9.43. The molecule has 2 aliphatic heterocycles. The van der Waals surface area contributed by atoms with Gasteiger partial charge in [-0.3, -0.25) is 4.68 Å². The first-order valence-corrected chi connectivity index (χ1v) is 8.49. The van der Waals surface area contributed by atoms with E-state index in [-0.39, 0.29) is 16.2 Å². The Morgan fingerprint density at radius 2 is 2.15 bits per heavy atom. The smallest absolute Gasteiger partial charge is 0.0973 e. The van der Waals surface area contributed by atoms with E-state index in [1.807, 2.05) is 27.0 Å². The maximum Gasteiger partial charge on any atom is 0.0973 e. The standard InChI is InChI=1S/C14H24N4OS/c1-13(2,3)20(19)17-11-10-18-12(4-7-16-18)14(11)5-8-15-9-6-14/h4,7,11,15,17H,5-6,8-10H2,1-3H3/t11-,20-/m1/s1. The highest BCUT2D eigenvalue weighted by Crippen LogP contribution is 2.42. The van der Waals surface area contributed by atoms with Crippen LogP contribution in [0, 0.1) is 0 Å². The van der Waals surface area contributed by atoms with Gasteiger partial charge in [0.1, 0.15) is 0 Å². The van der Waals surface area contributed by atoms with Crippen LogP contribution in [0.25, 0.3) is 0 Å². The fraction of sp³-hybridized carbons (Fsp3) is 0.786. The summed E-state index contributed by atoms with van der Waals surface area (Å²) in [5.41, 5.74) is 1.39. The maximum absolute atomic E-state index is 12.5. The van der Waals surface area contributed by atoms with Crippen LogP contribution in [0.4, 0.5) is 0 Å². The van der Waals surface area contributed by atoms with Crippen LogP contribution >= 0.6 is 0 Å². The Bertz CT molecular complexity index is 513. The molecule has 0 saturated carbocycles. The average molecular weight is 296 g/mol. The Kier molecular flexibility index (Phi) is 3.51. The van der Waals surface area contributed by atoms with Crippen molar-refractivity contribution in [3.05, 3.63) is 18.0 Å². The molecule has 3 heterocycles. The highest BCUT2D eigenvalue weighted by atomic mass is 32.2. The van der Waals surface area contributed by atoms with Crippen molar-refractivity contribution in [3.63, 3.8) is 0 Å². The highest BCUT2D eigenvalue weighted by Gasteiger charge is 2.49. The van der Waals surface area contributed by atoms with Crippen LogP contribution < -0.4 is 10.0 Å². The van der Waals surface area contributed by atoms with Crippen molar-refractivity contribution in [2.75, 3.05) is 13.1 Å². The van der Waals surface area contributed by atoms with E-state index in [1.54, 1.807) is 0 Å². The Hall–Kier alpha value is -0.720. The molecule has 1 saturated heterocycles. The Labute approximate surface area is 123 Å². The Morgan fingerprint density at radius 1 is 1.45 bits per heavy atom. The van der Waals surface area contributed by atoms with E-state index in [2.05, 4.69) is 25.9 Å². The van der Waals surface area contributed by atoms with Gasteiger partial charge >= 0.3 is 0 Å². The summed E-state index contributed by atoms with van der Waals surface area (Å²) in [6.45, 7) is 8.90. The lowest BCUT2D eigenvalue weighted by Gasteiger charge is -2.39. The van der Waals surface area contributed by atoms with Gasteiger partial charge in [0.05, 0.1) is 28.3 Å². The number of nitrogens with one attached hydrogen (secondary N) is 2. The predicted molar refractivity (Wildman–Crippen MR) is 80.8 cm³/mol. The lowest BCUT2D eigenvalue weighted by atomic mass is 9.72. The average Bonchev–Trinajstić information content (AvgIpc) is 2.94. The molecule has 20 heavy (non-hydrogen) atoms. The highest BCUT2D eigenvalue weighted by molar-refractivity contribution is 7.84. The van der Waals surface area contributed by atoms with Crippen molar-refractivity contribution in [3.8, 4) is 0 Å². The molecule has 5 nitrogen and oxygen atoms in total. The number of rotatable bonds is 2. The van der Waals surface area contributed by atoms with Crippen molar-refractivity contribution >= 4 is 11.0 Å². The number of fused-ring (bicyclic) bond motifs is 2. The molecular formula is C14H24N4OS. The minimum atomic E-state index is -1.04. The third kappa shape index (κ3) is 2.23. The van der Waals surface area contributed by atoms with Crippen LogP contribution in [0.3, 0.4) is 0 Å². The first-order valence-electron chi connectivity index (χ1n) is 7.34. The molecule has 112 valence electrons. The molecule has 1 fully saturated rings. The van der Waals surface area contributed by atoms with E-state index in [0.717, 1.165) is 32.5 Å². The van der Waals surface area contributed by atoms with Gasteiger partial charge in [0.15, 0.2) is 0 Å². The van der Waals surface area contributed by atoms with Crippen molar-refractivity contribution in [1.82, 2.24) is 19.8 Å². The van der Waals surface area contributed by atoms with Crippen LogP contribution in [-0.2, 0) is 22.9 Å². The van der Waals surface area contributed by atoms with Crippen molar-refractivity contribution in [2.24, 2.45) is 0 Å². The van der Waals surface area contributed by atoms with Gasteiger partial charge in [-0.1, -0.05) is 0 Å². The molecule has 0 unspecified atom stereocenters. The number of hydrogen-bond donors (Lipinski definition) is 2. The number of aromatic nitrogens is 2. The first kappa shape index (κ1) is 14.2. The van der Waals surface area contributed by atoms with Gasteiger partial charge in [0.25, 0.3) is 0 Å². The summed E-state index contributed by atoms with van der Waals surface area (Å²) in [5.74, 6) is 0. The van der Waals surface area contributed by atoms with E-state index in [1.165, 1.54) is 5.69 Å². The van der Waals surface area contributed by atoms with Crippen LogP contribution in [0.1, 0.15) is 39.3 Å². The van der Waals surface area contributed by atoms with E-state index >= 15 is 0 Å². The zero-order valence-corrected chi connectivity index (χ0v) is 13.3. The lowest BCUT2D eigenvalue weighted by Crippen LogP contribution is -2.53. The minimum Gasteiger partial charge on any atom is -0.317 e. The van der Waals surface area contributed by atoms with Crippen molar-refractivity contribution in [2.45, 2.75) is 56.4 Å². The Morgan fingerprint density at radius 3 is 2.80 bits per heavy atom. The minimum absolute atomic E-state index is 0.0860. The van der Waals surface area contributed by atoms with Crippen molar-refractivity contribution in [1.29, 1.82) is 0 Å². The zero-order valence-electron chi connectivity index (χ0n) is 12.5. The molecule has 0 radical (unpaired) electrons. The number of hydrogen-bond acceptors (Lipinski definition) is 3. The van der Waals surface area contributed by atoms with Gasteiger partial charge in [-0.15, -0.1) is 0 Å². The lowest BCUT2D eigenvalue weighted by molar-refractivity contribution is 0.261. The molecule has 2 aliphatic rings. The molecule has 2 atom stereocenters. The molecule has 0 aromatic carbocycles. The van der Waals surface area contributed by atoms with E-state index < -0.39 is 11.0 Å². The monoisotopic (exact) mass is 296 g/mol. The second-order valence-electron chi connectivity index (χ2n) is 6.86. The summed E-state index contributed by atoms with van der Waals surface area (Å²) in [5, 5.41) is 7.85. The summed E-state index contributed by atoms with van der Waals surface area (Å²) in [4.78, 5) is 0. The largest absolute Gasteiger partial charge is 0.317 e. The van der Waals surface area contributed by atoms with Crippen LogP contribution in [-0.4, -0.2) is 37.9 Å². The van der Waals surface area contributed by atoms with Gasteiger partial charge in [-0.05, 0) is 52.8 Å². The van der Waals surface area contributed by atoms with Crippen LogP contribution in [0.15, 0.2) is 12.3 Å². The van der Waals surface area contributed by atoms with Crippen LogP contribution in [0.2, 0.25) is 0 Å². The molecular weight excluding hydrogens is 272 g/mol. The predicted octanol–water partition coefficient (Wildman–Crippen LogP) is 0.938. The number of nitrogens with zero attached hydrogens (tertiary/aromatic N) is 2. The molecule has 2 N–H and O–H groups in total. The fourth-order valence-electron chi connectivity index (χ4n) is 3.36. The zero-order chi connectivity index (χ0) is 14.4. The Balaban J connectivity index is 1.88. The van der Waals surface area contributed by atoms with E-state index in [0.29, 0.717) is 0 Å². The molecule has 0 aliphatic carbocycles. The summed E-state index contributed by atoms with van der Waals surface area (Å²) in [6.07, 6.45) is 4.05. The topological polar surface area (TPSA) is 59.0 Å². The van der Waals surface area contributed by atoms with Gasteiger partial charge < -0.3 is 5.32 Å². The summed E-state index contributed by atoms with van der Waals surface area (Å²) in [7, 11) is -1.04. The number of piperidine rings is 1. The second-order valence-corrected chi connectivity index (χ2v) is 8.85. The summed E-state index contributed by atoms with van der Waals surface area (Å²) in [6, 6.07) is 2.35. The molecule has 6 heteroatoms. The quantitative estimate of drug-likeness (QED) is 0.854. The van der Waals surface area contributed by atoms with Gasteiger partial charge in [0, 0.05) is 17.3 Å². The second kappa shape index (κ2) is 4.93. The third-order valence-electron chi connectivity index (χ3n) is 4.55. The SMILES string of the molecule is CC(C)(C)[S@@](=O)N[C@@H]1Cn2nccc2C12CCNCC2. The summed E-state index contributed by atoms with van der Waals surface area (Å²) < 4.78 is 17.7. The summed E-state index contributed by atoms with van der Waals surface area (Å²) >= 11 is 0.